The Kier molecular flexibility index (Phi) is 4.70. The molecule has 0 aromatic heterocycles. The lowest BCUT2D eigenvalue weighted by Crippen LogP contribution is -2.55. The van der Waals surface area contributed by atoms with Crippen LogP contribution >= 0.6 is 31.9 Å². The van der Waals surface area contributed by atoms with Crippen LogP contribution < -0.4 is 11.1 Å². The molecule has 4 N–H and O–H groups in total. The summed E-state index contributed by atoms with van der Waals surface area (Å²) in [6.07, 6.45) is 3.25. The van der Waals surface area contributed by atoms with Gasteiger partial charge in [0.1, 0.15) is 5.54 Å². The van der Waals surface area contributed by atoms with E-state index in [4.69, 9.17) is 10.9 Å². The van der Waals surface area contributed by atoms with Gasteiger partial charge in [0, 0.05) is 14.5 Å². The third-order valence-corrected chi connectivity index (χ3v) is 4.45. The normalized spacial score (nSPS) is 18.0. The smallest absolute Gasteiger partial charge is 0.252 e. The number of hydrogen-bond donors (Lipinski definition) is 3. The summed E-state index contributed by atoms with van der Waals surface area (Å²) in [4.78, 5) is 12.4. The second-order valence-corrected chi connectivity index (χ2v) is 6.72. The van der Waals surface area contributed by atoms with Crippen molar-refractivity contribution in [3.63, 3.8) is 0 Å². The Hall–Kier alpha value is -1.08. The third-order valence-electron chi connectivity index (χ3n) is 3.53. The minimum atomic E-state index is -0.735. The average molecular weight is 405 g/mol. The van der Waals surface area contributed by atoms with E-state index < -0.39 is 5.54 Å². The second-order valence-electron chi connectivity index (χ2n) is 4.89. The molecule has 1 aromatic rings. The standard InChI is InChI=1S/C13H15Br2N3O2/c14-9-5-8(6-10(15)7-9)11(19)17-13(12(16)18-20)3-1-2-4-13/h5-7,20H,1-4H2,(H2,16,18)(H,17,19). The van der Waals surface area contributed by atoms with Crippen LogP contribution in [0.2, 0.25) is 0 Å². The van der Waals surface area contributed by atoms with Gasteiger partial charge in [-0.1, -0.05) is 49.9 Å². The Bertz CT molecular complexity index is 534. The number of nitrogens with zero attached hydrogens (tertiary/aromatic N) is 1. The maximum atomic E-state index is 12.4. The van der Waals surface area contributed by atoms with Gasteiger partial charge in [-0.2, -0.15) is 0 Å². The van der Waals surface area contributed by atoms with Crippen molar-refractivity contribution in [3.05, 3.63) is 32.7 Å². The Labute approximate surface area is 133 Å². The highest BCUT2D eigenvalue weighted by atomic mass is 79.9. The van der Waals surface area contributed by atoms with Crippen LogP contribution in [0.25, 0.3) is 0 Å². The zero-order chi connectivity index (χ0) is 14.8. The summed E-state index contributed by atoms with van der Waals surface area (Å²) in [5.74, 6) is -0.169. The summed E-state index contributed by atoms with van der Waals surface area (Å²) in [7, 11) is 0. The minimum absolute atomic E-state index is 0.0670. The van der Waals surface area contributed by atoms with E-state index >= 15 is 0 Å². The summed E-state index contributed by atoms with van der Waals surface area (Å²) in [6.45, 7) is 0. The molecule has 1 saturated carbocycles. The Balaban J connectivity index is 2.25. The van der Waals surface area contributed by atoms with Crippen molar-refractivity contribution < 1.29 is 10.0 Å². The number of oxime groups is 1. The van der Waals surface area contributed by atoms with Crippen molar-refractivity contribution >= 4 is 43.6 Å². The summed E-state index contributed by atoms with van der Waals surface area (Å²) in [5.41, 5.74) is 5.55. The van der Waals surface area contributed by atoms with E-state index in [0.29, 0.717) is 18.4 Å². The van der Waals surface area contributed by atoms with Crippen LogP contribution in [0.15, 0.2) is 32.3 Å². The first-order chi connectivity index (χ1) is 9.47. The molecular weight excluding hydrogens is 390 g/mol. The predicted molar refractivity (Wildman–Crippen MR) is 83.9 cm³/mol. The van der Waals surface area contributed by atoms with Crippen LogP contribution in [0, 0.1) is 0 Å². The molecule has 0 atom stereocenters. The van der Waals surface area contributed by atoms with Crippen molar-refractivity contribution in [2.75, 3.05) is 0 Å². The van der Waals surface area contributed by atoms with Crippen molar-refractivity contribution in [1.82, 2.24) is 5.32 Å². The van der Waals surface area contributed by atoms with E-state index in [9.17, 15) is 4.79 Å². The molecule has 0 aliphatic heterocycles. The van der Waals surface area contributed by atoms with Crippen LogP contribution in [-0.2, 0) is 0 Å². The highest BCUT2D eigenvalue weighted by Crippen LogP contribution is 2.30. The largest absolute Gasteiger partial charge is 0.409 e. The van der Waals surface area contributed by atoms with Gasteiger partial charge in [-0.25, -0.2) is 0 Å². The molecule has 0 spiro atoms. The number of amidine groups is 1. The molecule has 108 valence electrons. The van der Waals surface area contributed by atoms with Crippen LogP contribution in [0.1, 0.15) is 36.0 Å². The summed E-state index contributed by atoms with van der Waals surface area (Å²) < 4.78 is 1.61. The molecular formula is C13H15Br2N3O2. The summed E-state index contributed by atoms with van der Waals surface area (Å²) >= 11 is 6.70. The van der Waals surface area contributed by atoms with Gasteiger partial charge in [0.2, 0.25) is 0 Å². The lowest BCUT2D eigenvalue weighted by molar-refractivity contribution is 0.0922. The molecule has 2 rings (SSSR count). The molecule has 0 radical (unpaired) electrons. The molecule has 0 bridgehead atoms. The zero-order valence-electron chi connectivity index (χ0n) is 10.7. The SMILES string of the molecule is N/C(=N/O)C1(NC(=O)c2cc(Br)cc(Br)c2)CCCC1. The first-order valence-corrected chi connectivity index (χ1v) is 7.82. The number of hydrogen-bond acceptors (Lipinski definition) is 3. The number of halogens is 2. The van der Waals surface area contributed by atoms with Crippen LogP contribution in [0.4, 0.5) is 0 Å². The van der Waals surface area contributed by atoms with Crippen LogP contribution in [0.3, 0.4) is 0 Å². The molecule has 0 saturated heterocycles. The molecule has 1 fully saturated rings. The van der Waals surface area contributed by atoms with Crippen molar-refractivity contribution in [2.24, 2.45) is 10.9 Å². The number of carbonyl (C=O) groups excluding carboxylic acids is 1. The molecule has 0 unspecified atom stereocenters. The van der Waals surface area contributed by atoms with E-state index in [-0.39, 0.29) is 11.7 Å². The molecule has 1 aliphatic carbocycles. The highest BCUT2D eigenvalue weighted by molar-refractivity contribution is 9.11. The first-order valence-electron chi connectivity index (χ1n) is 6.23. The van der Waals surface area contributed by atoms with Crippen LogP contribution in [0.5, 0.6) is 0 Å². The second kappa shape index (κ2) is 6.13. The fraction of sp³-hybridized carbons (Fsp3) is 0.385. The molecule has 20 heavy (non-hydrogen) atoms. The van der Waals surface area contributed by atoms with Crippen molar-refractivity contribution in [1.29, 1.82) is 0 Å². The molecule has 5 nitrogen and oxygen atoms in total. The van der Waals surface area contributed by atoms with Gasteiger partial charge in [-0.3, -0.25) is 4.79 Å². The van der Waals surface area contributed by atoms with E-state index in [1.165, 1.54) is 0 Å². The molecule has 1 aromatic carbocycles. The zero-order valence-corrected chi connectivity index (χ0v) is 13.9. The fourth-order valence-electron chi connectivity index (χ4n) is 2.49. The van der Waals surface area contributed by atoms with Crippen molar-refractivity contribution in [3.8, 4) is 0 Å². The molecule has 1 amide bonds. The number of amides is 1. The Morgan fingerprint density at radius 3 is 2.30 bits per heavy atom. The van der Waals surface area contributed by atoms with Gasteiger partial charge < -0.3 is 16.3 Å². The van der Waals surface area contributed by atoms with Gasteiger partial charge in [-0.15, -0.1) is 0 Å². The monoisotopic (exact) mass is 403 g/mol. The van der Waals surface area contributed by atoms with Gasteiger partial charge in [0.05, 0.1) is 0 Å². The summed E-state index contributed by atoms with van der Waals surface area (Å²) in [5, 5.41) is 14.9. The topological polar surface area (TPSA) is 87.7 Å². The maximum absolute atomic E-state index is 12.4. The van der Waals surface area contributed by atoms with E-state index in [0.717, 1.165) is 21.8 Å². The molecule has 7 heteroatoms. The maximum Gasteiger partial charge on any atom is 0.252 e. The fourth-order valence-corrected chi connectivity index (χ4v) is 3.79. The van der Waals surface area contributed by atoms with Gasteiger partial charge >= 0.3 is 0 Å². The Morgan fingerprint density at radius 2 is 1.80 bits per heavy atom. The van der Waals surface area contributed by atoms with E-state index in [1.807, 2.05) is 6.07 Å². The average Bonchev–Trinajstić information content (AvgIpc) is 2.86. The lowest BCUT2D eigenvalue weighted by Gasteiger charge is -2.28. The number of carbonyl (C=O) groups is 1. The van der Waals surface area contributed by atoms with E-state index in [2.05, 4.69) is 42.3 Å². The van der Waals surface area contributed by atoms with Gasteiger partial charge in [0.15, 0.2) is 5.84 Å². The highest BCUT2D eigenvalue weighted by Gasteiger charge is 2.40. The van der Waals surface area contributed by atoms with Crippen LogP contribution in [-0.4, -0.2) is 22.5 Å². The molecule has 0 heterocycles. The van der Waals surface area contributed by atoms with Crippen molar-refractivity contribution in [2.45, 2.75) is 31.2 Å². The number of rotatable bonds is 3. The number of nitrogens with two attached hydrogens (primary N) is 1. The Morgan fingerprint density at radius 1 is 1.25 bits per heavy atom. The van der Waals surface area contributed by atoms with Gasteiger partial charge in [-0.05, 0) is 31.0 Å². The predicted octanol–water partition coefficient (Wildman–Crippen LogP) is 3.00. The lowest BCUT2D eigenvalue weighted by atomic mass is 9.95. The first kappa shape index (κ1) is 15.3. The minimum Gasteiger partial charge on any atom is -0.409 e. The summed E-state index contributed by atoms with van der Waals surface area (Å²) in [6, 6.07) is 5.32. The molecule has 1 aliphatic rings. The van der Waals surface area contributed by atoms with E-state index in [1.54, 1.807) is 12.1 Å². The third kappa shape index (κ3) is 3.15. The quantitative estimate of drug-likeness (QED) is 0.313. The number of benzene rings is 1. The number of nitrogens with one attached hydrogen (secondary N) is 1. The van der Waals surface area contributed by atoms with Gasteiger partial charge in [0.25, 0.3) is 5.91 Å².